The van der Waals surface area contributed by atoms with Crippen molar-refractivity contribution in [3.05, 3.63) is 300 Å². The lowest BCUT2D eigenvalue weighted by molar-refractivity contribution is -0.158. The van der Waals surface area contributed by atoms with Crippen LogP contribution in [0.5, 0.6) is 23.0 Å². The highest BCUT2D eigenvalue weighted by Crippen LogP contribution is 2.58. The number of carbonyl (C=O) groups is 1. The van der Waals surface area contributed by atoms with Gasteiger partial charge in [-0.25, -0.2) is 15.0 Å². The summed E-state index contributed by atoms with van der Waals surface area (Å²) >= 11 is 0. The number of aromatic nitrogens is 4. The lowest BCUT2D eigenvalue weighted by atomic mass is 9.77. The largest absolute Gasteiger partial charge is 0.457 e. The molecule has 5 heterocycles. The lowest BCUT2D eigenvalue weighted by Gasteiger charge is -2.47. The average Bonchev–Trinajstić information content (AvgIpc) is 3.67. The minimum Gasteiger partial charge on any atom is -0.457 e. The smallest absolute Gasteiger partial charge is 0.261 e. The van der Waals surface area contributed by atoms with E-state index in [4.69, 9.17) is 38.1 Å². The Labute approximate surface area is 488 Å². The molecule has 0 bridgehead atoms. The van der Waals surface area contributed by atoms with Crippen LogP contribution in [0.1, 0.15) is 70.7 Å². The molecule has 0 aliphatic carbocycles. The predicted octanol–water partition coefficient (Wildman–Crippen LogP) is 13.5. The Balaban J connectivity index is 1.04. The van der Waals surface area contributed by atoms with Crippen LogP contribution in [0.25, 0.3) is 11.2 Å². The first-order valence-corrected chi connectivity index (χ1v) is 30.2. The third-order valence-electron chi connectivity index (χ3n) is 16.6. The van der Waals surface area contributed by atoms with Gasteiger partial charge in [-0.3, -0.25) is 9.36 Å². The third kappa shape index (κ3) is 8.74. The number of hydrogen-bond acceptors (Lipinski definition) is 10. The Kier molecular flexibility index (Phi) is 13.5. The number of amides is 1. The summed E-state index contributed by atoms with van der Waals surface area (Å²) in [6.07, 6.45) is -0.893. The Morgan fingerprint density at radius 2 is 0.940 bits per heavy atom. The van der Waals surface area contributed by atoms with Crippen molar-refractivity contribution < 1.29 is 32.9 Å². The third-order valence-corrected chi connectivity index (χ3v) is 21.6. The van der Waals surface area contributed by atoms with Gasteiger partial charge in [0.1, 0.15) is 47.6 Å². The summed E-state index contributed by atoms with van der Waals surface area (Å²) in [5, 5.41) is 4.83. The molecular formula is C71H59N5O7Si. The maximum absolute atomic E-state index is 13.9. The van der Waals surface area contributed by atoms with E-state index in [9.17, 15) is 4.79 Å². The molecule has 84 heavy (non-hydrogen) atoms. The summed E-state index contributed by atoms with van der Waals surface area (Å²) in [5.74, 6) is 2.43. The number of hydrogen-bond donors (Lipinski definition) is 1. The molecule has 14 rings (SSSR count). The van der Waals surface area contributed by atoms with Crippen molar-refractivity contribution in [2.45, 2.75) is 61.6 Å². The molecule has 414 valence electrons. The molecule has 1 N–H and O–H groups in total. The number of anilines is 1. The Hall–Kier alpha value is -9.34. The highest BCUT2D eigenvalue weighted by atomic mass is 28.4. The number of fused-ring (bicyclic) bond motifs is 5. The van der Waals surface area contributed by atoms with Gasteiger partial charge in [0.25, 0.3) is 14.2 Å². The molecule has 1 saturated heterocycles. The number of rotatable bonds is 14. The predicted molar refractivity (Wildman–Crippen MR) is 326 cm³/mol. The van der Waals surface area contributed by atoms with Crippen molar-refractivity contribution >= 4 is 41.6 Å². The number of benzene rings is 9. The molecule has 0 saturated carbocycles. The van der Waals surface area contributed by atoms with Gasteiger partial charge < -0.3 is 33.4 Å². The summed E-state index contributed by atoms with van der Waals surface area (Å²) in [6, 6.07) is 83.0. The second-order valence-corrected chi connectivity index (χ2v) is 26.7. The average molecular weight is 1120 g/mol. The molecule has 0 radical (unpaired) electrons. The number of ether oxygens (including phenoxy) is 5. The van der Waals surface area contributed by atoms with Gasteiger partial charge in [0.15, 0.2) is 34.4 Å². The molecule has 0 unspecified atom stereocenters. The zero-order valence-electron chi connectivity index (χ0n) is 46.5. The van der Waals surface area contributed by atoms with Crippen LogP contribution in [0.2, 0.25) is 5.04 Å². The van der Waals surface area contributed by atoms with Crippen molar-refractivity contribution in [3.63, 3.8) is 0 Å². The minimum atomic E-state index is -3.30. The van der Waals surface area contributed by atoms with Gasteiger partial charge in [-0.2, -0.15) is 0 Å². The van der Waals surface area contributed by atoms with Crippen LogP contribution in [-0.2, 0) is 29.8 Å². The first-order chi connectivity index (χ1) is 41.2. The molecule has 0 spiro atoms. The van der Waals surface area contributed by atoms with Crippen LogP contribution in [0.3, 0.4) is 0 Å². The molecule has 4 atom stereocenters. The maximum atomic E-state index is 13.9. The van der Waals surface area contributed by atoms with Gasteiger partial charge >= 0.3 is 0 Å². The molecule has 11 aromatic rings. The van der Waals surface area contributed by atoms with E-state index in [2.05, 4.69) is 128 Å². The molecule has 9 aromatic carbocycles. The Bertz CT molecular complexity index is 4040. The first kappa shape index (κ1) is 52.7. The standard InChI is InChI=1S/C71H59N5O7Si/c1-69(2,3)84(51-33-15-7-16-34-51,52-35-17-8-18-36-52)78-45-61-63(82-70(49-29-11-5-12-30-49)53-37-19-23-41-57(53)79-58-42-24-20-38-54(58)70)64(68(81-61)76-47-74-62-65(72-46-73-66(62)76)75-67(77)48-27-9-4-10-28-48)83-71(50-31-13-6-14-32-50)55-39-21-25-43-59(55)80-60-44-26-22-40-56(60)71/h4-44,46-47,61,63-64,68H,45H2,1-3H3,(H,72,73,75,77)/t61-,63-,64-,68-/m1/s1. The minimum absolute atomic E-state index is 0.0492. The zero-order valence-corrected chi connectivity index (χ0v) is 47.5. The van der Waals surface area contributed by atoms with Crippen LogP contribution in [0, 0.1) is 0 Å². The summed E-state index contributed by atoms with van der Waals surface area (Å²) in [4.78, 5) is 28.4. The summed E-state index contributed by atoms with van der Waals surface area (Å²) < 4.78 is 48.4. The molecule has 2 aromatic heterocycles. The second-order valence-electron chi connectivity index (χ2n) is 22.4. The van der Waals surface area contributed by atoms with E-state index >= 15 is 0 Å². The highest BCUT2D eigenvalue weighted by Gasteiger charge is 2.60. The van der Waals surface area contributed by atoms with Gasteiger partial charge in [0.2, 0.25) is 0 Å². The molecule has 13 heteroatoms. The zero-order chi connectivity index (χ0) is 56.9. The molecular weight excluding hydrogens is 1060 g/mol. The van der Waals surface area contributed by atoms with E-state index in [1.807, 2.05) is 144 Å². The van der Waals surface area contributed by atoms with E-state index in [0.717, 1.165) is 43.8 Å². The van der Waals surface area contributed by atoms with E-state index in [0.29, 0.717) is 39.7 Å². The molecule has 1 amide bonds. The van der Waals surface area contributed by atoms with Crippen molar-refractivity contribution in [3.8, 4) is 23.0 Å². The van der Waals surface area contributed by atoms with E-state index in [1.54, 1.807) is 18.5 Å². The van der Waals surface area contributed by atoms with Crippen LogP contribution < -0.4 is 25.2 Å². The van der Waals surface area contributed by atoms with E-state index in [1.165, 1.54) is 6.33 Å². The fourth-order valence-corrected chi connectivity index (χ4v) is 17.5. The van der Waals surface area contributed by atoms with E-state index < -0.39 is 49.1 Å². The topological polar surface area (TPSA) is 128 Å². The number of para-hydroxylation sites is 4. The number of nitrogens with zero attached hydrogens (tertiary/aromatic N) is 4. The van der Waals surface area contributed by atoms with Crippen LogP contribution in [-0.4, -0.2) is 58.7 Å². The SMILES string of the molecule is CC(C)(C)[Si](OC[C@H]1O[C@@H](n2cnc3c(NC(=O)c4ccccc4)ncnc32)[C@H](OC2(c3ccccc3)c3ccccc3Oc3ccccc32)[C@@H]1OC1(c2ccccc2)c2ccccc2Oc2ccccc21)(c1ccccc1)c1ccccc1. The van der Waals surface area contributed by atoms with Gasteiger partial charge in [-0.1, -0.05) is 233 Å². The number of nitrogens with one attached hydrogen (secondary N) is 1. The molecule has 1 fully saturated rings. The fraction of sp³-hybridized carbons (Fsp3) is 0.155. The van der Waals surface area contributed by atoms with Crippen LogP contribution >= 0.6 is 0 Å². The quantitative estimate of drug-likeness (QED) is 0.105. The van der Waals surface area contributed by atoms with Crippen molar-refractivity contribution in [1.29, 1.82) is 0 Å². The summed E-state index contributed by atoms with van der Waals surface area (Å²) in [6.45, 7) is 6.86. The Morgan fingerprint density at radius 3 is 1.40 bits per heavy atom. The van der Waals surface area contributed by atoms with Crippen molar-refractivity contribution in [2.24, 2.45) is 0 Å². The maximum Gasteiger partial charge on any atom is 0.261 e. The summed E-state index contributed by atoms with van der Waals surface area (Å²) in [7, 11) is -3.30. The second kappa shape index (κ2) is 21.4. The summed E-state index contributed by atoms with van der Waals surface area (Å²) in [5.41, 5.74) is 3.33. The van der Waals surface area contributed by atoms with E-state index in [-0.39, 0.29) is 18.3 Å². The van der Waals surface area contributed by atoms with Crippen LogP contribution in [0.4, 0.5) is 5.82 Å². The van der Waals surface area contributed by atoms with Gasteiger partial charge in [0, 0.05) is 27.8 Å². The normalized spacial score (nSPS) is 18.3. The van der Waals surface area contributed by atoms with Gasteiger partial charge in [0.05, 0.1) is 12.9 Å². The van der Waals surface area contributed by atoms with Gasteiger partial charge in [-0.15, -0.1) is 0 Å². The van der Waals surface area contributed by atoms with Gasteiger partial charge in [-0.05, 0) is 62.9 Å². The number of imidazole rings is 1. The first-order valence-electron chi connectivity index (χ1n) is 28.3. The fourth-order valence-electron chi connectivity index (χ4n) is 12.9. The molecule has 3 aliphatic rings. The van der Waals surface area contributed by atoms with Crippen LogP contribution in [0.15, 0.2) is 261 Å². The highest BCUT2D eigenvalue weighted by molar-refractivity contribution is 6.99. The number of carbonyl (C=O) groups excluding carboxylic acids is 1. The monoisotopic (exact) mass is 1120 g/mol. The lowest BCUT2D eigenvalue weighted by Crippen LogP contribution is -2.67. The van der Waals surface area contributed by atoms with Crippen molar-refractivity contribution in [1.82, 2.24) is 19.5 Å². The Morgan fingerprint density at radius 1 is 0.524 bits per heavy atom. The van der Waals surface area contributed by atoms with Crippen molar-refractivity contribution in [2.75, 3.05) is 11.9 Å². The molecule has 3 aliphatic heterocycles. The molecule has 12 nitrogen and oxygen atoms in total.